The van der Waals surface area contributed by atoms with Crippen molar-refractivity contribution in [2.24, 2.45) is 11.7 Å². The Morgan fingerprint density at radius 2 is 2.00 bits per heavy atom. The van der Waals surface area contributed by atoms with E-state index in [9.17, 15) is 14.0 Å². The first kappa shape index (κ1) is 21.9. The van der Waals surface area contributed by atoms with Gasteiger partial charge in [-0.05, 0) is 18.9 Å². The van der Waals surface area contributed by atoms with Crippen molar-refractivity contribution in [1.29, 1.82) is 0 Å². The van der Waals surface area contributed by atoms with E-state index in [1.807, 2.05) is 18.3 Å². The predicted octanol–water partition coefficient (Wildman–Crippen LogP) is 3.82. The van der Waals surface area contributed by atoms with Gasteiger partial charge in [-0.25, -0.2) is 9.37 Å². The highest BCUT2D eigenvalue weighted by Gasteiger charge is 2.31. The summed E-state index contributed by atoms with van der Waals surface area (Å²) in [4.78, 5) is 28.3. The second kappa shape index (κ2) is 8.77. The summed E-state index contributed by atoms with van der Waals surface area (Å²) < 4.78 is 20.8. The molecule has 2 amide bonds. The third-order valence-electron chi connectivity index (χ3n) is 6.20. The highest BCUT2D eigenvalue weighted by Crippen LogP contribution is 2.40. The third-order valence-corrected chi connectivity index (χ3v) is 6.20. The Hall–Kier alpha value is -3.95. The standard InChI is InChI=1S/C24H25FN6O3/c1-34-22-17(14-10-28-31(12-14)16-7-15(25)8-16)3-2-4-19(22)29-20-9-21(27-11-18(20)23(26)32)30-24(33)13-5-6-13/h2-4,9-13,15-16H,5-8H2,1H3,(H2,26,32)(H2,27,29,30,33)/t15-,16-. The number of methoxy groups -OCH3 is 1. The van der Waals surface area contributed by atoms with Crippen LogP contribution in [0.25, 0.3) is 11.1 Å². The average Bonchev–Trinajstić information content (AvgIpc) is 3.54. The summed E-state index contributed by atoms with van der Waals surface area (Å²) in [5.74, 6) is 0.135. The maximum Gasteiger partial charge on any atom is 0.252 e. The SMILES string of the molecule is COc1c(Nc2cc(NC(=O)C3CC3)ncc2C(N)=O)cccc1-c1cnn([C@H]2C[C@H](F)C2)c1. The summed E-state index contributed by atoms with van der Waals surface area (Å²) in [6.07, 6.45) is 6.85. The predicted molar refractivity (Wildman–Crippen MR) is 125 cm³/mol. The van der Waals surface area contributed by atoms with Gasteiger partial charge in [0, 0.05) is 48.3 Å². The molecule has 4 N–H and O–H groups in total. The number of primary amides is 1. The molecule has 3 aromatic rings. The van der Waals surface area contributed by atoms with Gasteiger partial charge < -0.3 is 21.1 Å². The van der Waals surface area contributed by atoms with E-state index in [0.717, 1.165) is 24.0 Å². The van der Waals surface area contributed by atoms with Gasteiger partial charge in [-0.1, -0.05) is 12.1 Å². The summed E-state index contributed by atoms with van der Waals surface area (Å²) in [5.41, 5.74) is 8.32. The molecule has 176 valence electrons. The first-order valence-electron chi connectivity index (χ1n) is 11.2. The number of rotatable bonds is 8. The third kappa shape index (κ3) is 4.30. The Morgan fingerprint density at radius 1 is 1.21 bits per heavy atom. The number of aromatic nitrogens is 3. The van der Waals surface area contributed by atoms with Gasteiger partial charge in [0.15, 0.2) is 0 Å². The number of hydrogen-bond donors (Lipinski definition) is 3. The van der Waals surface area contributed by atoms with Crippen molar-refractivity contribution < 1.29 is 18.7 Å². The zero-order chi connectivity index (χ0) is 23.8. The van der Waals surface area contributed by atoms with Crippen LogP contribution in [0, 0.1) is 5.92 Å². The highest BCUT2D eigenvalue weighted by molar-refractivity contribution is 6.01. The molecule has 0 bridgehead atoms. The molecule has 0 saturated heterocycles. The minimum Gasteiger partial charge on any atom is -0.494 e. The summed E-state index contributed by atoms with van der Waals surface area (Å²) >= 11 is 0. The lowest BCUT2D eigenvalue weighted by Crippen LogP contribution is -2.28. The van der Waals surface area contributed by atoms with Crippen molar-refractivity contribution in [3.63, 3.8) is 0 Å². The van der Waals surface area contributed by atoms with E-state index in [2.05, 4.69) is 20.7 Å². The minimum atomic E-state index is -0.765. The Labute approximate surface area is 195 Å². The number of nitrogens with zero attached hydrogens (tertiary/aromatic N) is 3. The molecule has 9 nitrogen and oxygen atoms in total. The largest absolute Gasteiger partial charge is 0.494 e. The molecule has 2 saturated carbocycles. The molecule has 0 aliphatic heterocycles. The van der Waals surface area contributed by atoms with Crippen molar-refractivity contribution in [3.05, 3.63) is 48.4 Å². The number of nitrogens with one attached hydrogen (secondary N) is 2. The van der Waals surface area contributed by atoms with Crippen LogP contribution in [0.1, 0.15) is 42.1 Å². The van der Waals surface area contributed by atoms with Crippen LogP contribution in [0.4, 0.5) is 21.6 Å². The van der Waals surface area contributed by atoms with Crippen LogP contribution < -0.4 is 21.1 Å². The van der Waals surface area contributed by atoms with E-state index in [4.69, 9.17) is 10.5 Å². The molecule has 2 heterocycles. The molecule has 10 heteroatoms. The summed E-state index contributed by atoms with van der Waals surface area (Å²) in [6.45, 7) is 0. The molecule has 2 fully saturated rings. The zero-order valence-corrected chi connectivity index (χ0v) is 18.6. The Morgan fingerprint density at radius 3 is 2.68 bits per heavy atom. The summed E-state index contributed by atoms with van der Waals surface area (Å²) in [6, 6.07) is 7.19. The number of alkyl halides is 1. The Bertz CT molecular complexity index is 1250. The average molecular weight is 465 g/mol. The maximum atomic E-state index is 13.3. The van der Waals surface area contributed by atoms with E-state index in [1.165, 1.54) is 6.20 Å². The number of benzene rings is 1. The van der Waals surface area contributed by atoms with Gasteiger partial charge in [-0.15, -0.1) is 0 Å². The van der Waals surface area contributed by atoms with Gasteiger partial charge in [-0.3, -0.25) is 14.3 Å². The molecule has 0 atom stereocenters. The number of nitrogens with two attached hydrogens (primary N) is 1. The van der Waals surface area contributed by atoms with Crippen molar-refractivity contribution in [2.75, 3.05) is 17.7 Å². The van der Waals surface area contributed by atoms with Gasteiger partial charge in [0.05, 0.1) is 36.3 Å². The van der Waals surface area contributed by atoms with Crippen LogP contribution in [0.3, 0.4) is 0 Å². The van der Waals surface area contributed by atoms with Crippen LogP contribution in [-0.4, -0.2) is 39.9 Å². The molecule has 0 radical (unpaired) electrons. The van der Waals surface area contributed by atoms with Crippen molar-refractivity contribution in [1.82, 2.24) is 14.8 Å². The molecule has 2 aliphatic rings. The van der Waals surface area contributed by atoms with Gasteiger partial charge in [-0.2, -0.15) is 5.10 Å². The van der Waals surface area contributed by atoms with Gasteiger partial charge >= 0.3 is 0 Å². The molecule has 5 rings (SSSR count). The van der Waals surface area contributed by atoms with Crippen LogP contribution in [-0.2, 0) is 4.79 Å². The van der Waals surface area contributed by atoms with E-state index in [1.54, 1.807) is 30.1 Å². The monoisotopic (exact) mass is 464 g/mol. The molecule has 34 heavy (non-hydrogen) atoms. The molecule has 2 aliphatic carbocycles. The Kier molecular flexibility index (Phi) is 5.64. The van der Waals surface area contributed by atoms with Crippen molar-refractivity contribution in [2.45, 2.75) is 37.9 Å². The lowest BCUT2D eigenvalue weighted by Gasteiger charge is -2.29. The quantitative estimate of drug-likeness (QED) is 0.466. The zero-order valence-electron chi connectivity index (χ0n) is 18.6. The van der Waals surface area contributed by atoms with E-state index in [0.29, 0.717) is 35.8 Å². The fourth-order valence-electron chi connectivity index (χ4n) is 4.04. The van der Waals surface area contributed by atoms with Crippen LogP contribution in [0.5, 0.6) is 5.75 Å². The first-order valence-corrected chi connectivity index (χ1v) is 11.2. The van der Waals surface area contributed by atoms with Crippen LogP contribution in [0.2, 0.25) is 0 Å². The maximum absolute atomic E-state index is 13.3. The van der Waals surface area contributed by atoms with Crippen LogP contribution in [0.15, 0.2) is 42.9 Å². The molecule has 0 spiro atoms. The van der Waals surface area contributed by atoms with E-state index < -0.39 is 12.1 Å². The molecular formula is C24H25FN6O3. The van der Waals surface area contributed by atoms with Gasteiger partial charge in [0.1, 0.15) is 17.7 Å². The van der Waals surface area contributed by atoms with E-state index >= 15 is 0 Å². The number of halogens is 1. The van der Waals surface area contributed by atoms with Crippen molar-refractivity contribution >= 4 is 29.0 Å². The number of hydrogen-bond acceptors (Lipinski definition) is 6. The number of anilines is 3. The number of pyridine rings is 1. The van der Waals surface area contributed by atoms with Crippen LogP contribution >= 0.6 is 0 Å². The lowest BCUT2D eigenvalue weighted by atomic mass is 9.91. The molecule has 0 unspecified atom stereocenters. The molecule has 1 aromatic carbocycles. The molecule has 2 aromatic heterocycles. The fourth-order valence-corrected chi connectivity index (χ4v) is 4.04. The van der Waals surface area contributed by atoms with Crippen molar-refractivity contribution in [3.8, 4) is 16.9 Å². The number of ether oxygens (including phenoxy) is 1. The Balaban J connectivity index is 1.45. The highest BCUT2D eigenvalue weighted by atomic mass is 19.1. The number of carbonyl (C=O) groups is 2. The minimum absolute atomic E-state index is 0.0162. The number of para-hydroxylation sites is 1. The fraction of sp³-hybridized carbons (Fsp3) is 0.333. The molecular weight excluding hydrogens is 439 g/mol. The number of amides is 2. The lowest BCUT2D eigenvalue weighted by molar-refractivity contribution is -0.117. The second-order valence-corrected chi connectivity index (χ2v) is 8.69. The topological polar surface area (TPSA) is 124 Å². The first-order chi connectivity index (χ1) is 16.4. The normalized spacial score (nSPS) is 19.2. The number of carbonyl (C=O) groups excluding carboxylic acids is 2. The summed E-state index contributed by atoms with van der Waals surface area (Å²) in [7, 11) is 1.55. The summed E-state index contributed by atoms with van der Waals surface area (Å²) in [5, 5.41) is 10.4. The second-order valence-electron chi connectivity index (χ2n) is 8.69. The van der Waals surface area contributed by atoms with Gasteiger partial charge in [0.2, 0.25) is 5.91 Å². The smallest absolute Gasteiger partial charge is 0.252 e. The van der Waals surface area contributed by atoms with Gasteiger partial charge in [0.25, 0.3) is 5.91 Å². The van der Waals surface area contributed by atoms with E-state index in [-0.39, 0.29) is 23.4 Å².